The van der Waals surface area contributed by atoms with Crippen LogP contribution in [0.15, 0.2) is 16.6 Å². The molecule has 21 heavy (non-hydrogen) atoms. The number of benzene rings is 1. The molecule has 1 aromatic carbocycles. The van der Waals surface area contributed by atoms with Crippen LogP contribution in [0.1, 0.15) is 26.7 Å². The zero-order valence-corrected chi connectivity index (χ0v) is 13.9. The molecule has 0 aliphatic carbocycles. The number of hydrogen-bond donors (Lipinski definition) is 2. The van der Waals surface area contributed by atoms with Gasteiger partial charge in [0.15, 0.2) is 5.75 Å². The van der Waals surface area contributed by atoms with E-state index in [1.54, 1.807) is 13.8 Å². The van der Waals surface area contributed by atoms with Crippen LogP contribution in [0.2, 0.25) is 5.02 Å². The first-order chi connectivity index (χ1) is 9.73. The summed E-state index contributed by atoms with van der Waals surface area (Å²) in [6, 6.07) is 2.72. The van der Waals surface area contributed by atoms with Gasteiger partial charge in [0.25, 0.3) is 0 Å². The first-order valence-corrected chi connectivity index (χ1v) is 7.44. The Labute approximate surface area is 135 Å². The topological polar surface area (TPSA) is 64.4 Å². The molecule has 0 saturated carbocycles. The molecule has 0 heterocycles. The molecular weight excluding hydrogens is 370 g/mol. The van der Waals surface area contributed by atoms with Gasteiger partial charge in [-0.15, -0.1) is 0 Å². The summed E-state index contributed by atoms with van der Waals surface area (Å²) in [6.07, 6.45) is 0.810. The lowest BCUT2D eigenvalue weighted by atomic mass is 9.93. The maximum Gasteiger partial charge on any atom is 0.387 e. The van der Waals surface area contributed by atoms with Crippen molar-refractivity contribution in [2.45, 2.75) is 38.8 Å². The monoisotopic (exact) mass is 384 g/mol. The van der Waals surface area contributed by atoms with Crippen LogP contribution in [0.5, 0.6) is 5.75 Å². The van der Waals surface area contributed by atoms with Gasteiger partial charge in [0, 0.05) is 5.02 Å². The molecule has 3 N–H and O–H groups in total. The number of rotatable bonds is 6. The number of carbonyl (C=O) groups is 1. The second kappa shape index (κ2) is 7.38. The second-order valence-corrected chi connectivity index (χ2v) is 5.75. The molecule has 0 atom stereocenters. The summed E-state index contributed by atoms with van der Waals surface area (Å²) in [4.78, 5) is 12.2. The highest BCUT2D eigenvalue weighted by Gasteiger charge is 2.31. The molecule has 0 radical (unpaired) electrons. The van der Waals surface area contributed by atoms with Crippen molar-refractivity contribution in [3.8, 4) is 5.75 Å². The minimum absolute atomic E-state index is 0.0383. The second-order valence-electron chi connectivity index (χ2n) is 4.46. The number of amides is 1. The van der Waals surface area contributed by atoms with Crippen molar-refractivity contribution in [3.05, 3.63) is 21.6 Å². The van der Waals surface area contributed by atoms with E-state index in [9.17, 15) is 13.6 Å². The first kappa shape index (κ1) is 18.1. The maximum atomic E-state index is 12.5. The fourth-order valence-electron chi connectivity index (χ4n) is 1.68. The van der Waals surface area contributed by atoms with E-state index in [4.69, 9.17) is 17.3 Å². The normalized spacial score (nSPS) is 11.6. The van der Waals surface area contributed by atoms with Crippen LogP contribution in [0.4, 0.5) is 14.5 Å². The number of alkyl halides is 2. The Hall–Kier alpha value is -0.920. The highest BCUT2D eigenvalue weighted by atomic mass is 79.9. The highest BCUT2D eigenvalue weighted by molar-refractivity contribution is 9.10. The van der Waals surface area contributed by atoms with Gasteiger partial charge < -0.3 is 15.8 Å². The fourth-order valence-corrected chi connectivity index (χ4v) is 2.58. The van der Waals surface area contributed by atoms with Gasteiger partial charge in [-0.05, 0) is 40.9 Å². The molecule has 0 aliphatic rings. The molecular formula is C13H16BrClF2N2O2. The quantitative estimate of drug-likeness (QED) is 0.773. The molecule has 1 rings (SSSR count). The highest BCUT2D eigenvalue weighted by Crippen LogP contribution is 2.38. The summed E-state index contributed by atoms with van der Waals surface area (Å²) in [5.74, 6) is -0.682. The van der Waals surface area contributed by atoms with E-state index >= 15 is 0 Å². The van der Waals surface area contributed by atoms with E-state index in [1.807, 2.05) is 0 Å². The molecule has 0 spiro atoms. The lowest BCUT2D eigenvalue weighted by Gasteiger charge is -2.26. The van der Waals surface area contributed by atoms with Gasteiger partial charge in [0.05, 0.1) is 15.7 Å². The summed E-state index contributed by atoms with van der Waals surface area (Å²) < 4.78 is 29.6. The van der Waals surface area contributed by atoms with Crippen molar-refractivity contribution in [2.75, 3.05) is 5.32 Å². The Kier molecular flexibility index (Phi) is 6.37. The molecule has 0 bridgehead atoms. The number of nitrogens with one attached hydrogen (secondary N) is 1. The van der Waals surface area contributed by atoms with Gasteiger partial charge in [0.1, 0.15) is 0 Å². The predicted molar refractivity (Wildman–Crippen MR) is 81.9 cm³/mol. The van der Waals surface area contributed by atoms with Gasteiger partial charge in [-0.2, -0.15) is 8.78 Å². The number of nitrogens with two attached hydrogens (primary N) is 1. The third-order valence-electron chi connectivity index (χ3n) is 3.18. The van der Waals surface area contributed by atoms with E-state index < -0.39 is 18.1 Å². The first-order valence-electron chi connectivity index (χ1n) is 6.27. The number of anilines is 1. The Morgan fingerprint density at radius 3 is 2.52 bits per heavy atom. The number of halogens is 4. The van der Waals surface area contributed by atoms with Crippen molar-refractivity contribution in [1.29, 1.82) is 0 Å². The van der Waals surface area contributed by atoms with Crippen molar-refractivity contribution in [3.63, 3.8) is 0 Å². The smallest absolute Gasteiger partial charge is 0.387 e. The fraction of sp³-hybridized carbons (Fsp3) is 0.462. The third-order valence-corrected chi connectivity index (χ3v) is 3.98. The van der Waals surface area contributed by atoms with Crippen LogP contribution >= 0.6 is 27.5 Å². The Balaban J connectivity index is 3.15. The van der Waals surface area contributed by atoms with Crippen LogP contribution in [-0.2, 0) is 4.79 Å². The number of carbonyl (C=O) groups excluding carboxylic acids is 1. The SMILES string of the molecule is CCC(N)(CC)C(=O)Nc1cc(Cl)cc(Br)c1OC(F)F. The Morgan fingerprint density at radius 1 is 1.48 bits per heavy atom. The Bertz CT molecular complexity index is 525. The number of ether oxygens (including phenoxy) is 1. The van der Waals surface area contributed by atoms with Gasteiger partial charge in [-0.25, -0.2) is 0 Å². The lowest BCUT2D eigenvalue weighted by Crippen LogP contribution is -2.50. The molecule has 4 nitrogen and oxygen atoms in total. The van der Waals surface area contributed by atoms with Gasteiger partial charge in [-0.1, -0.05) is 25.4 Å². The molecule has 0 saturated heterocycles. The van der Waals surface area contributed by atoms with E-state index in [0.29, 0.717) is 12.8 Å². The number of hydrogen-bond acceptors (Lipinski definition) is 3. The summed E-state index contributed by atoms with van der Waals surface area (Å²) in [6.45, 7) is 0.513. The Morgan fingerprint density at radius 2 is 2.05 bits per heavy atom. The largest absolute Gasteiger partial charge is 0.431 e. The average molecular weight is 386 g/mol. The summed E-state index contributed by atoms with van der Waals surface area (Å²) >= 11 is 8.94. The molecule has 0 unspecified atom stereocenters. The molecule has 1 aromatic rings. The molecule has 118 valence electrons. The summed E-state index contributed by atoms with van der Waals surface area (Å²) in [7, 11) is 0. The predicted octanol–water partition coefficient (Wildman–Crippen LogP) is 4.16. The van der Waals surface area contributed by atoms with Crippen LogP contribution in [0.3, 0.4) is 0 Å². The van der Waals surface area contributed by atoms with Crippen LogP contribution < -0.4 is 15.8 Å². The van der Waals surface area contributed by atoms with E-state index in [1.165, 1.54) is 12.1 Å². The van der Waals surface area contributed by atoms with Crippen LogP contribution in [-0.4, -0.2) is 18.1 Å². The zero-order chi connectivity index (χ0) is 16.2. The third kappa shape index (κ3) is 4.52. The summed E-state index contributed by atoms with van der Waals surface area (Å²) in [5, 5.41) is 2.76. The maximum absolute atomic E-state index is 12.5. The van der Waals surface area contributed by atoms with Crippen LogP contribution in [0, 0.1) is 0 Å². The minimum atomic E-state index is -3.03. The standard InChI is InChI=1S/C13H16BrClF2N2O2/c1-3-13(18,4-2)11(20)19-9-6-7(15)5-8(14)10(9)21-12(16)17/h5-6,12H,3-4,18H2,1-2H3,(H,19,20). The molecule has 0 fully saturated rings. The van der Waals surface area contributed by atoms with Crippen molar-refractivity contribution in [1.82, 2.24) is 0 Å². The molecule has 1 amide bonds. The average Bonchev–Trinajstić information content (AvgIpc) is 2.41. The van der Waals surface area contributed by atoms with Gasteiger partial charge >= 0.3 is 6.61 Å². The van der Waals surface area contributed by atoms with E-state index in [-0.39, 0.29) is 20.9 Å². The molecule has 0 aromatic heterocycles. The molecule has 8 heteroatoms. The van der Waals surface area contributed by atoms with Crippen molar-refractivity contribution < 1.29 is 18.3 Å². The van der Waals surface area contributed by atoms with Gasteiger partial charge in [-0.3, -0.25) is 4.79 Å². The lowest BCUT2D eigenvalue weighted by molar-refractivity contribution is -0.121. The van der Waals surface area contributed by atoms with Crippen molar-refractivity contribution >= 4 is 39.1 Å². The minimum Gasteiger partial charge on any atom is -0.431 e. The van der Waals surface area contributed by atoms with E-state index in [2.05, 4.69) is 26.0 Å². The molecule has 0 aliphatic heterocycles. The zero-order valence-electron chi connectivity index (χ0n) is 11.6. The van der Waals surface area contributed by atoms with Crippen LogP contribution in [0.25, 0.3) is 0 Å². The van der Waals surface area contributed by atoms with E-state index in [0.717, 1.165) is 0 Å². The summed E-state index contributed by atoms with van der Waals surface area (Å²) in [5.41, 5.74) is 4.92. The van der Waals surface area contributed by atoms with Gasteiger partial charge in [0.2, 0.25) is 5.91 Å². The van der Waals surface area contributed by atoms with Crippen molar-refractivity contribution in [2.24, 2.45) is 5.73 Å².